The zero-order valence-corrected chi connectivity index (χ0v) is 11.5. The quantitative estimate of drug-likeness (QED) is 0.775. The van der Waals surface area contributed by atoms with Gasteiger partial charge in [-0.3, -0.25) is 0 Å². The molecule has 1 heterocycles. The Balaban J connectivity index is 1.65. The number of likely N-dealkylation sites (tertiary alicyclic amines) is 1. The lowest BCUT2D eigenvalue weighted by Crippen LogP contribution is -2.40. The van der Waals surface area contributed by atoms with E-state index in [0.29, 0.717) is 0 Å². The van der Waals surface area contributed by atoms with Gasteiger partial charge in [-0.2, -0.15) is 0 Å². The fourth-order valence-corrected chi connectivity index (χ4v) is 3.49. The van der Waals surface area contributed by atoms with Crippen LogP contribution in [-0.2, 0) is 0 Å². The van der Waals surface area contributed by atoms with Crippen LogP contribution in [0.4, 0.5) is 0 Å². The first kappa shape index (κ1) is 12.2. The van der Waals surface area contributed by atoms with Gasteiger partial charge in [0.25, 0.3) is 0 Å². The van der Waals surface area contributed by atoms with E-state index in [4.69, 9.17) is 0 Å². The van der Waals surface area contributed by atoms with E-state index >= 15 is 0 Å². The van der Waals surface area contributed by atoms with Gasteiger partial charge in [-0.05, 0) is 49.1 Å². The summed E-state index contributed by atoms with van der Waals surface area (Å²) < 4.78 is 0. The molecule has 1 aromatic rings. The molecule has 0 amide bonds. The Hall–Kier alpha value is -0.820. The molecule has 0 unspecified atom stereocenters. The maximum absolute atomic E-state index is 2.73. The van der Waals surface area contributed by atoms with E-state index in [0.717, 1.165) is 17.8 Å². The first-order chi connectivity index (χ1) is 8.86. The van der Waals surface area contributed by atoms with Crippen LogP contribution in [0.15, 0.2) is 30.3 Å². The number of piperidine rings is 1. The van der Waals surface area contributed by atoms with E-state index in [1.807, 2.05) is 0 Å². The van der Waals surface area contributed by atoms with Crippen LogP contribution in [0.3, 0.4) is 0 Å². The summed E-state index contributed by atoms with van der Waals surface area (Å²) in [6.45, 7) is 6.37. The molecule has 1 heteroatoms. The van der Waals surface area contributed by atoms with Crippen molar-refractivity contribution in [1.82, 2.24) is 4.90 Å². The first-order valence-electron chi connectivity index (χ1n) is 7.64. The lowest BCUT2D eigenvalue weighted by molar-refractivity contribution is 0.145. The van der Waals surface area contributed by atoms with Gasteiger partial charge in [0.1, 0.15) is 0 Å². The van der Waals surface area contributed by atoms with Gasteiger partial charge in [0.2, 0.25) is 0 Å². The molecule has 2 fully saturated rings. The van der Waals surface area contributed by atoms with Crippen LogP contribution >= 0.6 is 0 Å². The molecule has 1 aromatic carbocycles. The highest BCUT2D eigenvalue weighted by Crippen LogP contribution is 2.37. The third-order valence-electron chi connectivity index (χ3n) is 4.78. The van der Waals surface area contributed by atoms with Gasteiger partial charge in [-0.15, -0.1) is 0 Å². The fraction of sp³-hybridized carbons (Fsp3) is 0.647. The van der Waals surface area contributed by atoms with Crippen molar-refractivity contribution in [2.24, 2.45) is 11.8 Å². The highest BCUT2D eigenvalue weighted by Gasteiger charge is 2.32. The monoisotopic (exact) mass is 243 g/mol. The summed E-state index contributed by atoms with van der Waals surface area (Å²) in [5.41, 5.74) is 1.57. The normalized spacial score (nSPS) is 29.4. The molecule has 1 aliphatic carbocycles. The van der Waals surface area contributed by atoms with Crippen LogP contribution in [0.2, 0.25) is 0 Å². The zero-order chi connectivity index (χ0) is 12.4. The molecular formula is C17H25N. The van der Waals surface area contributed by atoms with E-state index < -0.39 is 0 Å². The Morgan fingerprint density at radius 3 is 2.56 bits per heavy atom. The maximum Gasteiger partial charge on any atom is 0.00155 e. The van der Waals surface area contributed by atoms with E-state index in [9.17, 15) is 0 Å². The largest absolute Gasteiger partial charge is 0.303 e. The standard InChI is InChI=1S/C17H25N/c1-2-15-13-18(12-14-8-9-14)11-10-17(15)16-6-4-3-5-7-16/h3-7,14-15,17H,2,8-13H2,1H3/t15-,17-/m1/s1. The Morgan fingerprint density at radius 2 is 1.89 bits per heavy atom. The van der Waals surface area contributed by atoms with Gasteiger partial charge >= 0.3 is 0 Å². The predicted molar refractivity (Wildman–Crippen MR) is 76.7 cm³/mol. The van der Waals surface area contributed by atoms with Gasteiger partial charge in [0.15, 0.2) is 0 Å². The minimum absolute atomic E-state index is 0.798. The molecule has 0 aromatic heterocycles. The molecule has 2 aliphatic rings. The second kappa shape index (κ2) is 5.44. The average molecular weight is 243 g/mol. The molecule has 0 bridgehead atoms. The van der Waals surface area contributed by atoms with Crippen molar-refractivity contribution in [2.45, 2.75) is 38.5 Å². The Morgan fingerprint density at radius 1 is 1.11 bits per heavy atom. The van der Waals surface area contributed by atoms with Crippen molar-refractivity contribution in [3.8, 4) is 0 Å². The summed E-state index contributed by atoms with van der Waals surface area (Å²) >= 11 is 0. The van der Waals surface area contributed by atoms with Crippen molar-refractivity contribution in [3.05, 3.63) is 35.9 Å². The highest BCUT2D eigenvalue weighted by molar-refractivity contribution is 5.21. The molecule has 1 saturated carbocycles. The third-order valence-corrected chi connectivity index (χ3v) is 4.78. The minimum atomic E-state index is 0.798. The molecule has 1 nitrogen and oxygen atoms in total. The highest BCUT2D eigenvalue weighted by atomic mass is 15.1. The average Bonchev–Trinajstić information content (AvgIpc) is 3.23. The zero-order valence-electron chi connectivity index (χ0n) is 11.5. The van der Waals surface area contributed by atoms with Gasteiger partial charge in [-0.1, -0.05) is 43.7 Å². The van der Waals surface area contributed by atoms with Crippen LogP contribution < -0.4 is 0 Å². The van der Waals surface area contributed by atoms with E-state index in [2.05, 4.69) is 42.2 Å². The summed E-state index contributed by atoms with van der Waals surface area (Å²) in [5, 5.41) is 0. The fourth-order valence-electron chi connectivity index (χ4n) is 3.49. The minimum Gasteiger partial charge on any atom is -0.303 e. The van der Waals surface area contributed by atoms with E-state index in [-0.39, 0.29) is 0 Å². The Bertz CT molecular complexity index is 368. The molecule has 1 saturated heterocycles. The third kappa shape index (κ3) is 2.77. The summed E-state index contributed by atoms with van der Waals surface area (Å²) in [6.07, 6.45) is 5.64. The topological polar surface area (TPSA) is 3.24 Å². The van der Waals surface area contributed by atoms with Crippen LogP contribution in [0.1, 0.15) is 44.1 Å². The summed E-state index contributed by atoms with van der Waals surface area (Å²) in [6, 6.07) is 11.2. The molecule has 3 rings (SSSR count). The number of rotatable bonds is 4. The number of hydrogen-bond acceptors (Lipinski definition) is 1. The van der Waals surface area contributed by atoms with E-state index in [1.54, 1.807) is 5.56 Å². The predicted octanol–water partition coefficient (Wildman–Crippen LogP) is 3.91. The molecule has 0 radical (unpaired) electrons. The second-order valence-electron chi connectivity index (χ2n) is 6.18. The summed E-state index contributed by atoms with van der Waals surface area (Å²) in [7, 11) is 0. The summed E-state index contributed by atoms with van der Waals surface area (Å²) in [5.74, 6) is 2.70. The van der Waals surface area contributed by atoms with Gasteiger partial charge < -0.3 is 4.90 Å². The second-order valence-corrected chi connectivity index (χ2v) is 6.18. The van der Waals surface area contributed by atoms with Crippen molar-refractivity contribution < 1.29 is 0 Å². The number of nitrogens with zero attached hydrogens (tertiary/aromatic N) is 1. The first-order valence-corrected chi connectivity index (χ1v) is 7.64. The smallest absolute Gasteiger partial charge is 0.00155 e. The molecule has 2 atom stereocenters. The maximum atomic E-state index is 2.73. The van der Waals surface area contributed by atoms with Crippen LogP contribution in [0, 0.1) is 11.8 Å². The molecular weight excluding hydrogens is 218 g/mol. The SMILES string of the molecule is CC[C@@H]1CN(CC2CC2)CC[C@H]1c1ccccc1. The van der Waals surface area contributed by atoms with Gasteiger partial charge in [0, 0.05) is 13.1 Å². The van der Waals surface area contributed by atoms with Crippen molar-refractivity contribution in [2.75, 3.05) is 19.6 Å². The lowest BCUT2D eigenvalue weighted by atomic mass is 9.79. The van der Waals surface area contributed by atoms with Crippen molar-refractivity contribution in [1.29, 1.82) is 0 Å². The number of benzene rings is 1. The Kier molecular flexibility index (Phi) is 3.69. The summed E-state index contributed by atoms with van der Waals surface area (Å²) in [4.78, 5) is 2.73. The molecule has 0 N–H and O–H groups in total. The van der Waals surface area contributed by atoms with Gasteiger partial charge in [-0.25, -0.2) is 0 Å². The molecule has 0 spiro atoms. The number of hydrogen-bond donors (Lipinski definition) is 0. The van der Waals surface area contributed by atoms with Crippen molar-refractivity contribution in [3.63, 3.8) is 0 Å². The molecule has 98 valence electrons. The Labute approximate surface area is 111 Å². The van der Waals surface area contributed by atoms with Crippen LogP contribution in [0.25, 0.3) is 0 Å². The lowest BCUT2D eigenvalue weighted by Gasteiger charge is -2.38. The molecule has 1 aliphatic heterocycles. The van der Waals surface area contributed by atoms with E-state index in [1.165, 1.54) is 45.3 Å². The van der Waals surface area contributed by atoms with Gasteiger partial charge in [0.05, 0.1) is 0 Å². The van der Waals surface area contributed by atoms with Crippen LogP contribution in [0.5, 0.6) is 0 Å². The van der Waals surface area contributed by atoms with Crippen LogP contribution in [-0.4, -0.2) is 24.5 Å². The molecule has 18 heavy (non-hydrogen) atoms. The van der Waals surface area contributed by atoms with Crippen molar-refractivity contribution >= 4 is 0 Å².